The maximum Gasteiger partial charge on any atom is 0.165 e. The van der Waals surface area contributed by atoms with Gasteiger partial charge in [0.1, 0.15) is 19.0 Å². The summed E-state index contributed by atoms with van der Waals surface area (Å²) in [4.78, 5) is 0. The van der Waals surface area contributed by atoms with Crippen molar-refractivity contribution in [3.05, 3.63) is 108 Å². The van der Waals surface area contributed by atoms with Gasteiger partial charge in [0.15, 0.2) is 23.1 Å². The first-order chi connectivity index (χ1) is 20.2. The van der Waals surface area contributed by atoms with Gasteiger partial charge in [0, 0.05) is 11.6 Å². The van der Waals surface area contributed by atoms with Gasteiger partial charge >= 0.3 is 0 Å². The standard InChI is InChI=1S/C36H41FO4/c1-3-5-6-7-8-15-22-39-33-21-20-30(23-32(33)37)31-24-35(41-27-29-18-13-10-14-19-29)36(38-4-2)25-34(31)40-26-28-16-11-9-12-17-28/h9-14,16-21,23-25H,3-8,15,22,26-27H2,1-2H3. The van der Waals surface area contributed by atoms with Gasteiger partial charge in [0.25, 0.3) is 0 Å². The zero-order chi connectivity index (χ0) is 28.7. The molecule has 41 heavy (non-hydrogen) atoms. The summed E-state index contributed by atoms with van der Waals surface area (Å²) in [6.07, 6.45) is 6.94. The highest BCUT2D eigenvalue weighted by atomic mass is 19.1. The first-order valence-corrected chi connectivity index (χ1v) is 14.7. The maximum absolute atomic E-state index is 15.2. The van der Waals surface area contributed by atoms with Gasteiger partial charge in [0.2, 0.25) is 0 Å². The highest BCUT2D eigenvalue weighted by molar-refractivity contribution is 5.75. The molecule has 4 aromatic rings. The molecule has 0 heterocycles. The Morgan fingerprint density at radius 2 is 1.15 bits per heavy atom. The minimum atomic E-state index is -0.400. The smallest absolute Gasteiger partial charge is 0.165 e. The van der Waals surface area contributed by atoms with E-state index in [1.807, 2.05) is 85.8 Å². The molecule has 0 radical (unpaired) electrons. The average Bonchev–Trinajstić information content (AvgIpc) is 3.01. The van der Waals surface area contributed by atoms with Gasteiger partial charge in [-0.3, -0.25) is 0 Å². The van der Waals surface area contributed by atoms with Crippen molar-refractivity contribution in [3.63, 3.8) is 0 Å². The Hall–Kier alpha value is -3.99. The fraction of sp³-hybridized carbons (Fsp3) is 0.333. The molecule has 0 atom stereocenters. The Morgan fingerprint density at radius 1 is 0.537 bits per heavy atom. The molecule has 0 fully saturated rings. The Bertz CT molecular complexity index is 1320. The second-order valence-electron chi connectivity index (χ2n) is 10.0. The van der Waals surface area contributed by atoms with Crippen molar-refractivity contribution in [1.29, 1.82) is 0 Å². The van der Waals surface area contributed by atoms with Gasteiger partial charge in [-0.05, 0) is 48.2 Å². The van der Waals surface area contributed by atoms with Gasteiger partial charge in [-0.25, -0.2) is 4.39 Å². The molecule has 0 aliphatic carbocycles. The van der Waals surface area contributed by atoms with E-state index in [4.69, 9.17) is 18.9 Å². The van der Waals surface area contributed by atoms with Crippen LogP contribution in [-0.2, 0) is 13.2 Å². The topological polar surface area (TPSA) is 36.9 Å². The van der Waals surface area contributed by atoms with Gasteiger partial charge < -0.3 is 18.9 Å². The van der Waals surface area contributed by atoms with Crippen LogP contribution < -0.4 is 18.9 Å². The minimum Gasteiger partial charge on any atom is -0.491 e. The lowest BCUT2D eigenvalue weighted by atomic mass is 10.0. The third-order valence-electron chi connectivity index (χ3n) is 6.82. The van der Waals surface area contributed by atoms with Crippen molar-refractivity contribution in [2.75, 3.05) is 13.2 Å². The third-order valence-corrected chi connectivity index (χ3v) is 6.82. The number of halogens is 1. The van der Waals surface area contributed by atoms with Crippen molar-refractivity contribution in [2.45, 2.75) is 65.6 Å². The molecule has 4 nitrogen and oxygen atoms in total. The van der Waals surface area contributed by atoms with Crippen molar-refractivity contribution in [3.8, 4) is 34.1 Å². The van der Waals surface area contributed by atoms with Crippen LogP contribution in [0.5, 0.6) is 23.0 Å². The summed E-state index contributed by atoms with van der Waals surface area (Å²) < 4.78 is 39.5. The van der Waals surface area contributed by atoms with E-state index >= 15 is 4.39 Å². The van der Waals surface area contributed by atoms with Crippen molar-refractivity contribution >= 4 is 0 Å². The Labute approximate surface area is 244 Å². The molecule has 0 aliphatic heterocycles. The highest BCUT2D eigenvalue weighted by Crippen LogP contribution is 2.42. The predicted molar refractivity (Wildman–Crippen MR) is 163 cm³/mol. The van der Waals surface area contributed by atoms with Gasteiger partial charge in [-0.1, -0.05) is 106 Å². The molecule has 4 aromatic carbocycles. The molecular formula is C36H41FO4. The van der Waals surface area contributed by atoms with Crippen LogP contribution in [0.2, 0.25) is 0 Å². The Balaban J connectivity index is 1.57. The van der Waals surface area contributed by atoms with Gasteiger partial charge in [0.05, 0.1) is 13.2 Å². The number of hydrogen-bond donors (Lipinski definition) is 0. The number of benzene rings is 4. The fourth-order valence-electron chi connectivity index (χ4n) is 4.59. The SMILES string of the molecule is CCCCCCCCOc1ccc(-c2cc(OCc3ccccc3)c(OCC)cc2OCc2ccccc2)cc1F. The van der Waals surface area contributed by atoms with Crippen LogP contribution in [0.25, 0.3) is 11.1 Å². The molecule has 0 aliphatic rings. The number of ether oxygens (including phenoxy) is 4. The predicted octanol–water partition coefficient (Wildman–Crippen LogP) is 9.79. The second kappa shape index (κ2) is 16.3. The van der Waals surface area contributed by atoms with Gasteiger partial charge in [-0.15, -0.1) is 0 Å². The number of hydrogen-bond acceptors (Lipinski definition) is 4. The van der Waals surface area contributed by atoms with E-state index in [2.05, 4.69) is 6.92 Å². The molecule has 0 N–H and O–H groups in total. The van der Waals surface area contributed by atoms with Crippen LogP contribution in [0.3, 0.4) is 0 Å². The maximum atomic E-state index is 15.2. The van der Waals surface area contributed by atoms with Crippen molar-refractivity contribution in [2.24, 2.45) is 0 Å². The van der Waals surface area contributed by atoms with E-state index < -0.39 is 5.82 Å². The second-order valence-corrected chi connectivity index (χ2v) is 10.0. The quantitative estimate of drug-likeness (QED) is 0.121. The molecule has 0 bridgehead atoms. The van der Waals surface area contributed by atoms with Crippen LogP contribution in [0, 0.1) is 5.82 Å². The number of unbranched alkanes of at least 4 members (excludes halogenated alkanes) is 5. The Morgan fingerprint density at radius 3 is 1.78 bits per heavy atom. The van der Waals surface area contributed by atoms with Gasteiger partial charge in [-0.2, -0.15) is 0 Å². The van der Waals surface area contributed by atoms with E-state index in [0.717, 1.165) is 24.0 Å². The summed E-state index contributed by atoms with van der Waals surface area (Å²) in [5, 5.41) is 0. The first kappa shape index (κ1) is 30.0. The molecule has 0 amide bonds. The van der Waals surface area contributed by atoms with Crippen LogP contribution in [0.4, 0.5) is 4.39 Å². The molecule has 5 heteroatoms. The summed E-state index contributed by atoms with van der Waals surface area (Å²) in [6.45, 7) is 5.86. The van der Waals surface area contributed by atoms with Crippen molar-refractivity contribution in [1.82, 2.24) is 0 Å². The summed E-state index contributed by atoms with van der Waals surface area (Å²) in [6, 6.07) is 28.7. The van der Waals surface area contributed by atoms with E-state index in [-0.39, 0.29) is 5.75 Å². The van der Waals surface area contributed by atoms with Crippen molar-refractivity contribution < 1.29 is 23.3 Å². The molecule has 0 saturated heterocycles. The first-order valence-electron chi connectivity index (χ1n) is 14.7. The highest BCUT2D eigenvalue weighted by Gasteiger charge is 2.17. The van der Waals surface area contributed by atoms with Crippen LogP contribution in [-0.4, -0.2) is 13.2 Å². The van der Waals surface area contributed by atoms with Crippen LogP contribution in [0.1, 0.15) is 63.5 Å². The average molecular weight is 557 g/mol. The van der Waals surface area contributed by atoms with Crippen LogP contribution >= 0.6 is 0 Å². The lowest BCUT2D eigenvalue weighted by Gasteiger charge is -2.18. The fourth-order valence-corrected chi connectivity index (χ4v) is 4.59. The zero-order valence-electron chi connectivity index (χ0n) is 24.2. The van der Waals surface area contributed by atoms with E-state index in [1.54, 1.807) is 6.07 Å². The summed E-state index contributed by atoms with van der Waals surface area (Å²) in [5.74, 6) is 1.60. The summed E-state index contributed by atoms with van der Waals surface area (Å²) >= 11 is 0. The largest absolute Gasteiger partial charge is 0.491 e. The third kappa shape index (κ3) is 9.28. The van der Waals surface area contributed by atoms with E-state index in [0.29, 0.717) is 54.8 Å². The molecule has 4 rings (SSSR count). The molecule has 0 aromatic heterocycles. The normalized spacial score (nSPS) is 10.8. The minimum absolute atomic E-state index is 0.264. The molecule has 216 valence electrons. The van der Waals surface area contributed by atoms with Crippen LogP contribution in [0.15, 0.2) is 91.0 Å². The lowest BCUT2D eigenvalue weighted by Crippen LogP contribution is -2.03. The lowest BCUT2D eigenvalue weighted by molar-refractivity contribution is 0.264. The van der Waals surface area contributed by atoms with E-state index in [9.17, 15) is 0 Å². The summed E-state index contributed by atoms with van der Waals surface area (Å²) in [5.41, 5.74) is 3.46. The number of rotatable bonds is 17. The molecule has 0 spiro atoms. The Kier molecular flexibility index (Phi) is 11.9. The monoisotopic (exact) mass is 556 g/mol. The van der Waals surface area contributed by atoms with E-state index in [1.165, 1.54) is 31.7 Å². The molecule has 0 saturated carbocycles. The molecular weight excluding hydrogens is 515 g/mol. The molecule has 0 unspecified atom stereocenters. The summed E-state index contributed by atoms with van der Waals surface area (Å²) in [7, 11) is 0. The zero-order valence-corrected chi connectivity index (χ0v) is 24.2.